The molecule has 1 aliphatic carbocycles. The van der Waals surface area contributed by atoms with Crippen LogP contribution in [-0.2, 0) is 20.7 Å². The molecule has 1 aromatic carbocycles. The number of aromatic nitrogens is 1. The lowest BCUT2D eigenvalue weighted by atomic mass is 9.97. The number of hydrogen-bond acceptors (Lipinski definition) is 6. The molecule has 0 saturated heterocycles. The second-order valence-electron chi connectivity index (χ2n) is 8.23. The van der Waals surface area contributed by atoms with Crippen LogP contribution in [0.5, 0.6) is 5.75 Å². The molecule has 31 heavy (non-hydrogen) atoms. The largest absolute Gasteiger partial charge is 0.482 e. The zero-order chi connectivity index (χ0) is 21.8. The van der Waals surface area contributed by atoms with Crippen LogP contribution in [-0.4, -0.2) is 35.6 Å². The number of hydrogen-bond donors (Lipinski definition) is 0. The Balaban J connectivity index is 1.61. The molecule has 166 valence electrons. The van der Waals surface area contributed by atoms with Crippen molar-refractivity contribution in [3.05, 3.63) is 28.6 Å². The van der Waals surface area contributed by atoms with Crippen molar-refractivity contribution in [2.24, 2.45) is 0 Å². The predicted molar refractivity (Wildman–Crippen MR) is 122 cm³/mol. The molecular formula is C24H30N2O4S. The number of esters is 1. The maximum absolute atomic E-state index is 13.1. The lowest BCUT2D eigenvalue weighted by Crippen LogP contribution is -2.50. The van der Waals surface area contributed by atoms with Gasteiger partial charge >= 0.3 is 5.97 Å². The summed E-state index contributed by atoms with van der Waals surface area (Å²) in [6.45, 7) is 3.98. The second-order valence-corrected chi connectivity index (χ2v) is 9.18. The van der Waals surface area contributed by atoms with Gasteiger partial charge in [0.2, 0.25) is 0 Å². The highest BCUT2D eigenvalue weighted by molar-refractivity contribution is 7.09. The van der Waals surface area contributed by atoms with Gasteiger partial charge in [-0.25, -0.2) is 9.78 Å². The van der Waals surface area contributed by atoms with E-state index in [4.69, 9.17) is 14.5 Å². The molecule has 1 unspecified atom stereocenters. The van der Waals surface area contributed by atoms with Crippen LogP contribution in [0.3, 0.4) is 0 Å². The van der Waals surface area contributed by atoms with Crippen LogP contribution in [0.2, 0.25) is 0 Å². The first-order valence-electron chi connectivity index (χ1n) is 11.3. The fourth-order valence-electron chi connectivity index (χ4n) is 4.32. The van der Waals surface area contributed by atoms with Gasteiger partial charge in [0.1, 0.15) is 17.9 Å². The Morgan fingerprint density at radius 2 is 2.10 bits per heavy atom. The number of aryl methyl sites for hydroxylation is 1. The molecule has 4 rings (SSSR count). The molecule has 1 atom stereocenters. The highest BCUT2D eigenvalue weighted by atomic mass is 32.1. The number of anilines is 1. The zero-order valence-corrected chi connectivity index (χ0v) is 19.1. The third kappa shape index (κ3) is 4.76. The molecule has 0 spiro atoms. The Morgan fingerprint density at radius 3 is 2.84 bits per heavy atom. The van der Waals surface area contributed by atoms with Crippen LogP contribution in [0, 0.1) is 0 Å². The van der Waals surface area contributed by atoms with Crippen LogP contribution >= 0.6 is 11.3 Å². The molecule has 1 aliphatic heterocycles. The Bertz CT molecular complexity index is 935. The average Bonchev–Trinajstić information content (AvgIpc) is 3.25. The molecule has 2 aliphatic rings. The van der Waals surface area contributed by atoms with Crippen molar-refractivity contribution < 1.29 is 19.1 Å². The minimum atomic E-state index is -0.654. The van der Waals surface area contributed by atoms with E-state index >= 15 is 0 Å². The Kier molecular flexibility index (Phi) is 6.90. The van der Waals surface area contributed by atoms with E-state index in [2.05, 4.69) is 6.92 Å². The zero-order valence-electron chi connectivity index (χ0n) is 18.3. The van der Waals surface area contributed by atoms with Gasteiger partial charge in [-0.1, -0.05) is 20.3 Å². The minimum Gasteiger partial charge on any atom is -0.482 e. The summed E-state index contributed by atoms with van der Waals surface area (Å²) < 4.78 is 11.5. The molecular weight excluding hydrogens is 412 g/mol. The summed E-state index contributed by atoms with van der Waals surface area (Å²) in [6.07, 6.45) is 7.63. The van der Waals surface area contributed by atoms with E-state index < -0.39 is 6.04 Å². The fraction of sp³-hybridized carbons (Fsp3) is 0.542. The van der Waals surface area contributed by atoms with Gasteiger partial charge in [-0.3, -0.25) is 9.69 Å². The van der Waals surface area contributed by atoms with Crippen LogP contribution in [0.25, 0.3) is 11.3 Å². The standard InChI is InChI=1S/C24H30N2O4S/c1-3-8-22-25-18(15-31-22)16-11-12-21-20(13-16)26(23(27)14-29-21)19(4-2)24(28)30-17-9-6-5-7-10-17/h11-13,15,17,19H,3-10,14H2,1-2H3. The van der Waals surface area contributed by atoms with Crippen molar-refractivity contribution in [1.82, 2.24) is 4.98 Å². The quantitative estimate of drug-likeness (QED) is 0.555. The Morgan fingerprint density at radius 1 is 1.29 bits per heavy atom. The summed E-state index contributed by atoms with van der Waals surface area (Å²) in [5, 5.41) is 3.14. The SMILES string of the molecule is CCCc1nc(-c2ccc3c(c2)N(C(CC)C(=O)OC2CCCCC2)C(=O)CO3)cs1. The molecule has 2 heterocycles. The van der Waals surface area contributed by atoms with Crippen molar-refractivity contribution in [2.75, 3.05) is 11.5 Å². The van der Waals surface area contributed by atoms with Crippen molar-refractivity contribution in [3.8, 4) is 17.0 Å². The first-order chi connectivity index (χ1) is 15.1. The Hall–Kier alpha value is -2.41. The lowest BCUT2D eigenvalue weighted by molar-refractivity contribution is -0.153. The summed E-state index contributed by atoms with van der Waals surface area (Å²) in [5.41, 5.74) is 2.41. The van der Waals surface area contributed by atoms with Crippen LogP contribution in [0.4, 0.5) is 5.69 Å². The topological polar surface area (TPSA) is 68.7 Å². The number of rotatable bonds is 7. The summed E-state index contributed by atoms with van der Waals surface area (Å²) >= 11 is 1.65. The van der Waals surface area contributed by atoms with E-state index in [0.717, 1.165) is 54.8 Å². The van der Waals surface area contributed by atoms with E-state index in [0.29, 0.717) is 17.9 Å². The summed E-state index contributed by atoms with van der Waals surface area (Å²) in [4.78, 5) is 32.2. The molecule has 1 saturated carbocycles. The van der Waals surface area contributed by atoms with Crippen LogP contribution in [0.1, 0.15) is 63.8 Å². The third-order valence-corrected chi connectivity index (χ3v) is 6.86. The number of carbonyl (C=O) groups is 2. The number of benzene rings is 1. The average molecular weight is 443 g/mol. The number of carbonyl (C=O) groups excluding carboxylic acids is 2. The van der Waals surface area contributed by atoms with Gasteiger partial charge in [-0.15, -0.1) is 11.3 Å². The number of ether oxygens (including phenoxy) is 2. The summed E-state index contributed by atoms with van der Waals surface area (Å²) in [7, 11) is 0. The minimum absolute atomic E-state index is 0.0377. The van der Waals surface area contributed by atoms with Gasteiger partial charge < -0.3 is 9.47 Å². The highest BCUT2D eigenvalue weighted by Crippen LogP contribution is 2.38. The first-order valence-corrected chi connectivity index (χ1v) is 12.2. The van der Waals surface area contributed by atoms with E-state index in [9.17, 15) is 9.59 Å². The van der Waals surface area contributed by atoms with Crippen LogP contribution in [0.15, 0.2) is 23.6 Å². The normalized spacial score (nSPS) is 17.7. The second kappa shape index (κ2) is 9.81. The molecule has 6 nitrogen and oxygen atoms in total. The maximum Gasteiger partial charge on any atom is 0.329 e. The lowest BCUT2D eigenvalue weighted by Gasteiger charge is -2.35. The van der Waals surface area contributed by atoms with Crippen molar-refractivity contribution in [1.29, 1.82) is 0 Å². The molecule has 2 aromatic rings. The van der Waals surface area contributed by atoms with Gasteiger partial charge in [-0.2, -0.15) is 0 Å². The maximum atomic E-state index is 13.1. The predicted octanol–water partition coefficient (Wildman–Crippen LogP) is 5.14. The van der Waals surface area contributed by atoms with Gasteiger partial charge in [0.05, 0.1) is 16.4 Å². The van der Waals surface area contributed by atoms with Gasteiger partial charge in [0.25, 0.3) is 5.91 Å². The number of thiazole rings is 1. The van der Waals surface area contributed by atoms with E-state index in [1.807, 2.05) is 30.5 Å². The third-order valence-electron chi connectivity index (χ3n) is 5.96. The number of amides is 1. The Labute approximate surface area is 187 Å². The van der Waals surface area contributed by atoms with E-state index in [-0.39, 0.29) is 24.6 Å². The van der Waals surface area contributed by atoms with Crippen molar-refractivity contribution >= 4 is 28.9 Å². The van der Waals surface area contributed by atoms with Crippen molar-refractivity contribution in [3.63, 3.8) is 0 Å². The van der Waals surface area contributed by atoms with E-state index in [1.165, 1.54) is 6.42 Å². The molecule has 0 radical (unpaired) electrons. The highest BCUT2D eigenvalue weighted by Gasteiger charge is 2.37. The molecule has 1 amide bonds. The molecule has 0 N–H and O–H groups in total. The molecule has 1 fully saturated rings. The fourth-order valence-corrected chi connectivity index (χ4v) is 5.23. The van der Waals surface area contributed by atoms with E-state index in [1.54, 1.807) is 16.2 Å². The van der Waals surface area contributed by atoms with Crippen molar-refractivity contribution in [2.45, 2.75) is 77.4 Å². The smallest absolute Gasteiger partial charge is 0.329 e. The molecule has 0 bridgehead atoms. The number of nitrogens with zero attached hydrogens (tertiary/aromatic N) is 2. The van der Waals surface area contributed by atoms with Gasteiger partial charge in [-0.05, 0) is 63.1 Å². The van der Waals surface area contributed by atoms with Gasteiger partial charge in [0.15, 0.2) is 6.61 Å². The first kappa shape index (κ1) is 21.8. The monoisotopic (exact) mass is 442 g/mol. The molecule has 1 aromatic heterocycles. The summed E-state index contributed by atoms with van der Waals surface area (Å²) in [6, 6.07) is 5.08. The van der Waals surface area contributed by atoms with Gasteiger partial charge in [0, 0.05) is 10.9 Å². The summed E-state index contributed by atoms with van der Waals surface area (Å²) in [5.74, 6) is 0.0678. The number of fused-ring (bicyclic) bond motifs is 1. The molecule has 7 heteroatoms. The van der Waals surface area contributed by atoms with Crippen LogP contribution < -0.4 is 9.64 Å².